The van der Waals surface area contributed by atoms with Gasteiger partial charge in [-0.3, -0.25) is 4.79 Å². The van der Waals surface area contributed by atoms with E-state index in [9.17, 15) is 4.79 Å². The van der Waals surface area contributed by atoms with E-state index in [-0.39, 0.29) is 0 Å². The lowest BCUT2D eigenvalue weighted by atomic mass is 10.3. The fourth-order valence-corrected chi connectivity index (χ4v) is 2.44. The van der Waals surface area contributed by atoms with Crippen LogP contribution in [0.4, 0.5) is 10.8 Å². The lowest BCUT2D eigenvalue weighted by Crippen LogP contribution is -2.11. The molecule has 4 nitrogen and oxygen atoms in total. The van der Waals surface area contributed by atoms with Gasteiger partial charge in [-0.2, -0.15) is 0 Å². The summed E-state index contributed by atoms with van der Waals surface area (Å²) in [5.74, 6) is 0.291. The van der Waals surface area contributed by atoms with Crippen LogP contribution in [-0.2, 0) is 0 Å². The molecule has 0 fully saturated rings. The third-order valence-corrected chi connectivity index (χ3v) is 3.22. The van der Waals surface area contributed by atoms with E-state index in [1.165, 1.54) is 11.3 Å². The minimum atomic E-state index is -0.426. The third kappa shape index (κ3) is 4.06. The monoisotopic (exact) mass is 277 g/mol. The molecule has 0 aliphatic heterocycles. The Morgan fingerprint density at radius 1 is 1.32 bits per heavy atom. The summed E-state index contributed by atoms with van der Waals surface area (Å²) in [6, 6.07) is 7.47. The summed E-state index contributed by atoms with van der Waals surface area (Å²) in [6.45, 7) is 7.85. The SMILES string of the molecule is CC.Cc1cccc(Nc2sc(C)cc2C(N)=O)n1. The van der Waals surface area contributed by atoms with Crippen LogP contribution in [0, 0.1) is 13.8 Å². The number of aromatic nitrogens is 1. The predicted molar refractivity (Wildman–Crippen MR) is 81.2 cm³/mol. The van der Waals surface area contributed by atoms with Gasteiger partial charge in [0.25, 0.3) is 5.91 Å². The maximum Gasteiger partial charge on any atom is 0.251 e. The van der Waals surface area contributed by atoms with Crippen LogP contribution >= 0.6 is 11.3 Å². The number of nitrogens with one attached hydrogen (secondary N) is 1. The molecular weight excluding hydrogens is 258 g/mol. The van der Waals surface area contributed by atoms with Crippen LogP contribution in [0.5, 0.6) is 0 Å². The fraction of sp³-hybridized carbons (Fsp3) is 0.286. The Hall–Kier alpha value is -1.88. The predicted octanol–water partition coefficient (Wildman–Crippen LogP) is 3.63. The molecule has 0 unspecified atom stereocenters. The number of primary amides is 1. The molecule has 0 radical (unpaired) electrons. The summed E-state index contributed by atoms with van der Waals surface area (Å²) in [6.07, 6.45) is 0. The van der Waals surface area contributed by atoms with Gasteiger partial charge in [0, 0.05) is 10.6 Å². The lowest BCUT2D eigenvalue weighted by molar-refractivity contribution is 0.100. The number of nitrogens with zero attached hydrogens (tertiary/aromatic N) is 1. The second-order valence-electron chi connectivity index (χ2n) is 3.75. The van der Waals surface area contributed by atoms with Crippen LogP contribution in [0.25, 0.3) is 0 Å². The van der Waals surface area contributed by atoms with E-state index in [1.54, 1.807) is 6.07 Å². The molecule has 1 amide bonds. The Bertz CT molecular complexity index is 564. The Morgan fingerprint density at radius 2 is 2.00 bits per heavy atom. The van der Waals surface area contributed by atoms with Crippen LogP contribution in [0.15, 0.2) is 24.3 Å². The standard InChI is InChI=1S/C12H13N3OS.C2H6/c1-7-4-3-5-10(14-7)15-12-9(11(13)16)6-8(2)17-12;1-2/h3-6H,1-2H3,(H2,13,16)(H,14,15);1-2H3. The molecule has 2 heterocycles. The van der Waals surface area contributed by atoms with Gasteiger partial charge in [0.15, 0.2) is 0 Å². The van der Waals surface area contributed by atoms with E-state index < -0.39 is 5.91 Å². The van der Waals surface area contributed by atoms with Crippen LogP contribution < -0.4 is 11.1 Å². The first-order chi connectivity index (χ1) is 9.06. The molecule has 0 saturated heterocycles. The van der Waals surface area contributed by atoms with E-state index >= 15 is 0 Å². The first-order valence-electron chi connectivity index (χ1n) is 6.17. The van der Waals surface area contributed by atoms with Crippen molar-refractivity contribution in [2.24, 2.45) is 5.73 Å². The molecule has 0 aliphatic carbocycles. The number of rotatable bonds is 3. The molecule has 0 bridgehead atoms. The number of hydrogen-bond acceptors (Lipinski definition) is 4. The highest BCUT2D eigenvalue weighted by atomic mass is 32.1. The van der Waals surface area contributed by atoms with Crippen LogP contribution in [0.3, 0.4) is 0 Å². The quantitative estimate of drug-likeness (QED) is 0.900. The Kier molecular flexibility index (Phi) is 5.51. The Labute approximate surface area is 117 Å². The zero-order chi connectivity index (χ0) is 14.4. The number of aryl methyl sites for hydroxylation is 2. The number of thiophene rings is 1. The zero-order valence-corrected chi connectivity index (χ0v) is 12.5. The first kappa shape index (κ1) is 15.2. The maximum atomic E-state index is 11.3. The van der Waals surface area contributed by atoms with Crippen molar-refractivity contribution in [3.05, 3.63) is 40.4 Å². The Balaban J connectivity index is 0.000000861. The van der Waals surface area contributed by atoms with Crippen molar-refractivity contribution in [1.29, 1.82) is 0 Å². The van der Waals surface area contributed by atoms with Crippen molar-refractivity contribution in [3.63, 3.8) is 0 Å². The molecule has 5 heteroatoms. The lowest BCUT2D eigenvalue weighted by Gasteiger charge is -2.05. The van der Waals surface area contributed by atoms with Crippen molar-refractivity contribution >= 4 is 28.1 Å². The van der Waals surface area contributed by atoms with Gasteiger partial charge in [0.1, 0.15) is 10.8 Å². The molecule has 0 spiro atoms. The minimum absolute atomic E-state index is 0.426. The largest absolute Gasteiger partial charge is 0.366 e. The first-order valence-corrected chi connectivity index (χ1v) is 6.99. The molecule has 2 rings (SSSR count). The summed E-state index contributed by atoms with van der Waals surface area (Å²) >= 11 is 1.49. The van der Waals surface area contributed by atoms with Crippen LogP contribution in [-0.4, -0.2) is 10.9 Å². The van der Waals surface area contributed by atoms with E-state index in [2.05, 4.69) is 10.3 Å². The number of carbonyl (C=O) groups excluding carboxylic acids is 1. The van der Waals surface area contributed by atoms with Crippen molar-refractivity contribution < 1.29 is 4.79 Å². The number of nitrogens with two attached hydrogens (primary N) is 1. The topological polar surface area (TPSA) is 68.0 Å². The van der Waals surface area contributed by atoms with Gasteiger partial charge in [-0.15, -0.1) is 11.3 Å². The molecule has 0 aliphatic rings. The highest BCUT2D eigenvalue weighted by Gasteiger charge is 2.12. The van der Waals surface area contributed by atoms with Crippen molar-refractivity contribution in [1.82, 2.24) is 4.98 Å². The number of pyridine rings is 1. The molecule has 2 aromatic rings. The highest BCUT2D eigenvalue weighted by molar-refractivity contribution is 7.16. The summed E-state index contributed by atoms with van der Waals surface area (Å²) in [4.78, 5) is 16.6. The van der Waals surface area contributed by atoms with Crippen molar-refractivity contribution in [3.8, 4) is 0 Å². The molecule has 102 valence electrons. The number of amides is 1. The molecule has 0 aromatic carbocycles. The zero-order valence-electron chi connectivity index (χ0n) is 11.7. The van der Waals surface area contributed by atoms with Gasteiger partial charge in [-0.05, 0) is 32.0 Å². The van der Waals surface area contributed by atoms with Gasteiger partial charge in [0.05, 0.1) is 5.56 Å². The molecule has 19 heavy (non-hydrogen) atoms. The van der Waals surface area contributed by atoms with E-state index in [0.29, 0.717) is 11.4 Å². The minimum Gasteiger partial charge on any atom is -0.366 e. The molecule has 0 atom stereocenters. The number of hydrogen-bond donors (Lipinski definition) is 2. The summed E-state index contributed by atoms with van der Waals surface area (Å²) in [5, 5.41) is 3.87. The molecule has 2 aromatic heterocycles. The maximum absolute atomic E-state index is 11.3. The summed E-state index contributed by atoms with van der Waals surface area (Å²) in [7, 11) is 0. The average Bonchev–Trinajstić information content (AvgIpc) is 2.73. The number of anilines is 2. The van der Waals surface area contributed by atoms with Crippen LogP contribution in [0.2, 0.25) is 0 Å². The molecular formula is C14H19N3OS. The van der Waals surface area contributed by atoms with E-state index in [1.807, 2.05) is 45.9 Å². The van der Waals surface area contributed by atoms with Crippen molar-refractivity contribution in [2.45, 2.75) is 27.7 Å². The average molecular weight is 277 g/mol. The van der Waals surface area contributed by atoms with Gasteiger partial charge in [0.2, 0.25) is 0 Å². The van der Waals surface area contributed by atoms with E-state index in [4.69, 9.17) is 5.73 Å². The highest BCUT2D eigenvalue weighted by Crippen LogP contribution is 2.29. The second kappa shape index (κ2) is 6.89. The van der Waals surface area contributed by atoms with Crippen molar-refractivity contribution in [2.75, 3.05) is 5.32 Å². The van der Waals surface area contributed by atoms with E-state index in [0.717, 1.165) is 15.6 Å². The third-order valence-electron chi connectivity index (χ3n) is 2.25. The molecule has 0 saturated carbocycles. The normalized spacial score (nSPS) is 9.47. The van der Waals surface area contributed by atoms with Crippen LogP contribution in [0.1, 0.15) is 34.8 Å². The number of carbonyl (C=O) groups is 1. The molecule has 3 N–H and O–H groups in total. The van der Waals surface area contributed by atoms with Gasteiger partial charge >= 0.3 is 0 Å². The fourth-order valence-electron chi connectivity index (χ4n) is 1.52. The van der Waals surface area contributed by atoms with Gasteiger partial charge < -0.3 is 11.1 Å². The van der Waals surface area contributed by atoms with Gasteiger partial charge in [-0.25, -0.2) is 4.98 Å². The summed E-state index contributed by atoms with van der Waals surface area (Å²) in [5.41, 5.74) is 6.75. The Morgan fingerprint density at radius 3 is 2.58 bits per heavy atom. The summed E-state index contributed by atoms with van der Waals surface area (Å²) < 4.78 is 0. The second-order valence-corrected chi connectivity index (χ2v) is 5.01. The van der Waals surface area contributed by atoms with Gasteiger partial charge in [-0.1, -0.05) is 19.9 Å². The smallest absolute Gasteiger partial charge is 0.251 e.